The third kappa shape index (κ3) is 3.36. The molecular formula is C17H13ClF2N4O2. The van der Waals surface area contributed by atoms with Crippen molar-refractivity contribution in [2.24, 2.45) is 0 Å². The predicted molar refractivity (Wildman–Crippen MR) is 92.0 cm³/mol. The summed E-state index contributed by atoms with van der Waals surface area (Å²) in [6, 6.07) is 7.77. The van der Waals surface area contributed by atoms with Crippen LogP contribution in [0.4, 0.5) is 14.5 Å². The largest absolute Gasteiger partial charge is 0.494 e. The number of ether oxygens (including phenoxy) is 1. The van der Waals surface area contributed by atoms with Crippen LogP contribution in [0.2, 0.25) is 5.02 Å². The van der Waals surface area contributed by atoms with E-state index >= 15 is 0 Å². The minimum Gasteiger partial charge on any atom is -0.494 e. The highest BCUT2D eigenvalue weighted by molar-refractivity contribution is 6.30. The molecule has 0 bridgehead atoms. The first-order valence-corrected chi connectivity index (χ1v) is 7.81. The molecule has 9 heteroatoms. The number of anilines is 1. The molecule has 26 heavy (non-hydrogen) atoms. The molecule has 1 amide bonds. The summed E-state index contributed by atoms with van der Waals surface area (Å²) >= 11 is 6.01. The van der Waals surface area contributed by atoms with Crippen molar-refractivity contribution in [2.45, 2.75) is 6.92 Å². The summed E-state index contributed by atoms with van der Waals surface area (Å²) < 4.78 is 33.3. The van der Waals surface area contributed by atoms with Crippen molar-refractivity contribution < 1.29 is 18.3 Å². The van der Waals surface area contributed by atoms with E-state index in [0.717, 1.165) is 12.1 Å². The normalized spacial score (nSPS) is 10.7. The minimum absolute atomic E-state index is 0.0178. The molecule has 3 rings (SSSR count). The van der Waals surface area contributed by atoms with Crippen molar-refractivity contribution in [1.82, 2.24) is 15.0 Å². The molecule has 0 saturated carbocycles. The second-order valence-corrected chi connectivity index (χ2v) is 5.77. The van der Waals surface area contributed by atoms with Gasteiger partial charge in [-0.25, -0.2) is 13.5 Å². The molecule has 0 saturated heterocycles. The maximum atomic E-state index is 13.7. The van der Waals surface area contributed by atoms with Gasteiger partial charge in [-0.15, -0.1) is 5.10 Å². The lowest BCUT2D eigenvalue weighted by Crippen LogP contribution is -2.15. The standard InChI is InChI=1S/C17H13ClF2N4O2/c1-9-16(17(25)21-13-5-4-11(19)8-12(13)20)22-23-24(9)14-7-10(18)3-6-15(14)26-2/h3-8H,1-2H3,(H,21,25). The van der Waals surface area contributed by atoms with Gasteiger partial charge in [-0.2, -0.15) is 0 Å². The van der Waals surface area contributed by atoms with Gasteiger partial charge < -0.3 is 10.1 Å². The number of methoxy groups -OCH3 is 1. The Balaban J connectivity index is 1.94. The van der Waals surface area contributed by atoms with Gasteiger partial charge in [0.2, 0.25) is 0 Å². The van der Waals surface area contributed by atoms with E-state index in [0.29, 0.717) is 28.2 Å². The van der Waals surface area contributed by atoms with Crippen LogP contribution in [0, 0.1) is 18.6 Å². The van der Waals surface area contributed by atoms with E-state index in [2.05, 4.69) is 15.6 Å². The molecule has 0 spiro atoms. The highest BCUT2D eigenvalue weighted by Crippen LogP contribution is 2.27. The first-order chi connectivity index (χ1) is 12.4. The summed E-state index contributed by atoms with van der Waals surface area (Å²) in [5.41, 5.74) is 0.712. The fourth-order valence-corrected chi connectivity index (χ4v) is 2.54. The molecule has 0 aliphatic rings. The van der Waals surface area contributed by atoms with Gasteiger partial charge in [0.1, 0.15) is 23.1 Å². The van der Waals surface area contributed by atoms with Crippen LogP contribution in [0.5, 0.6) is 5.75 Å². The highest BCUT2D eigenvalue weighted by atomic mass is 35.5. The number of rotatable bonds is 4. The lowest BCUT2D eigenvalue weighted by molar-refractivity contribution is 0.102. The Morgan fingerprint density at radius 1 is 1.23 bits per heavy atom. The Kier molecular flexibility index (Phi) is 4.85. The second-order valence-electron chi connectivity index (χ2n) is 5.33. The number of nitrogens with one attached hydrogen (secondary N) is 1. The van der Waals surface area contributed by atoms with Crippen LogP contribution in [0.15, 0.2) is 36.4 Å². The van der Waals surface area contributed by atoms with Crippen LogP contribution in [0.3, 0.4) is 0 Å². The Morgan fingerprint density at radius 2 is 2.00 bits per heavy atom. The van der Waals surface area contributed by atoms with Gasteiger partial charge in [0.05, 0.1) is 18.5 Å². The van der Waals surface area contributed by atoms with E-state index in [9.17, 15) is 13.6 Å². The average molecular weight is 379 g/mol. The third-order valence-electron chi connectivity index (χ3n) is 3.66. The lowest BCUT2D eigenvalue weighted by atomic mass is 10.2. The molecule has 0 fully saturated rings. The molecule has 0 radical (unpaired) electrons. The number of carbonyl (C=O) groups is 1. The number of halogens is 3. The van der Waals surface area contributed by atoms with Gasteiger partial charge in [0.15, 0.2) is 5.69 Å². The molecule has 1 N–H and O–H groups in total. The number of benzene rings is 2. The fourth-order valence-electron chi connectivity index (χ4n) is 2.37. The number of nitrogens with zero attached hydrogens (tertiary/aromatic N) is 3. The van der Waals surface area contributed by atoms with Crippen LogP contribution in [0.1, 0.15) is 16.2 Å². The summed E-state index contributed by atoms with van der Waals surface area (Å²) in [6.07, 6.45) is 0. The topological polar surface area (TPSA) is 69.0 Å². The van der Waals surface area contributed by atoms with Crippen molar-refractivity contribution in [1.29, 1.82) is 0 Å². The van der Waals surface area contributed by atoms with Gasteiger partial charge in [0.25, 0.3) is 5.91 Å². The predicted octanol–water partition coefficient (Wildman–Crippen LogP) is 3.77. The smallest absolute Gasteiger partial charge is 0.278 e. The van der Waals surface area contributed by atoms with Crippen LogP contribution < -0.4 is 10.1 Å². The van der Waals surface area contributed by atoms with Gasteiger partial charge in [0, 0.05) is 11.1 Å². The molecule has 1 aromatic heterocycles. The van der Waals surface area contributed by atoms with E-state index in [4.69, 9.17) is 16.3 Å². The molecule has 0 aliphatic heterocycles. The zero-order chi connectivity index (χ0) is 18.8. The van der Waals surface area contributed by atoms with Crippen molar-refractivity contribution >= 4 is 23.2 Å². The Hall–Kier alpha value is -3.00. The Morgan fingerprint density at radius 3 is 2.69 bits per heavy atom. The molecule has 2 aromatic carbocycles. The van der Waals surface area contributed by atoms with Gasteiger partial charge in [-0.1, -0.05) is 16.8 Å². The van der Waals surface area contributed by atoms with Gasteiger partial charge >= 0.3 is 0 Å². The summed E-state index contributed by atoms with van der Waals surface area (Å²) in [5.74, 6) is -1.82. The summed E-state index contributed by atoms with van der Waals surface area (Å²) in [6.45, 7) is 1.62. The fraction of sp³-hybridized carbons (Fsp3) is 0.118. The monoisotopic (exact) mass is 378 g/mol. The van der Waals surface area contributed by atoms with Gasteiger partial charge in [-0.3, -0.25) is 4.79 Å². The number of hydrogen-bond acceptors (Lipinski definition) is 4. The number of amides is 1. The maximum absolute atomic E-state index is 13.7. The number of hydrogen-bond donors (Lipinski definition) is 1. The molecule has 3 aromatic rings. The first-order valence-electron chi connectivity index (χ1n) is 7.43. The molecule has 0 unspecified atom stereocenters. The molecular weight excluding hydrogens is 366 g/mol. The van der Waals surface area contributed by atoms with E-state index in [1.807, 2.05) is 0 Å². The highest BCUT2D eigenvalue weighted by Gasteiger charge is 2.20. The van der Waals surface area contributed by atoms with E-state index in [1.54, 1.807) is 25.1 Å². The summed E-state index contributed by atoms with van der Waals surface area (Å²) in [7, 11) is 1.49. The SMILES string of the molecule is COc1ccc(Cl)cc1-n1nnc(C(=O)Nc2ccc(F)cc2F)c1C. The Bertz CT molecular complexity index is 991. The first kappa shape index (κ1) is 17.8. The van der Waals surface area contributed by atoms with Crippen molar-refractivity contribution in [3.05, 3.63) is 64.4 Å². The van der Waals surface area contributed by atoms with E-state index < -0.39 is 17.5 Å². The number of aromatic nitrogens is 3. The zero-order valence-corrected chi connectivity index (χ0v) is 14.5. The Labute approximate surface area is 152 Å². The van der Waals surface area contributed by atoms with Crippen LogP contribution >= 0.6 is 11.6 Å². The molecule has 6 nitrogen and oxygen atoms in total. The molecule has 0 atom stereocenters. The zero-order valence-electron chi connectivity index (χ0n) is 13.8. The summed E-state index contributed by atoms with van der Waals surface area (Å²) in [5, 5.41) is 10.6. The van der Waals surface area contributed by atoms with Crippen LogP contribution in [-0.4, -0.2) is 28.0 Å². The van der Waals surface area contributed by atoms with Crippen molar-refractivity contribution in [3.8, 4) is 11.4 Å². The quantitative estimate of drug-likeness (QED) is 0.750. The average Bonchev–Trinajstić information content (AvgIpc) is 2.98. The van der Waals surface area contributed by atoms with Gasteiger partial charge in [-0.05, 0) is 37.3 Å². The molecule has 1 heterocycles. The summed E-state index contributed by atoms with van der Waals surface area (Å²) in [4.78, 5) is 12.4. The van der Waals surface area contributed by atoms with Crippen molar-refractivity contribution in [3.63, 3.8) is 0 Å². The number of carbonyl (C=O) groups excluding carboxylic acids is 1. The third-order valence-corrected chi connectivity index (χ3v) is 3.89. The van der Waals surface area contributed by atoms with E-state index in [1.165, 1.54) is 11.8 Å². The maximum Gasteiger partial charge on any atom is 0.278 e. The van der Waals surface area contributed by atoms with E-state index in [-0.39, 0.29) is 11.4 Å². The van der Waals surface area contributed by atoms with Crippen molar-refractivity contribution in [2.75, 3.05) is 12.4 Å². The van der Waals surface area contributed by atoms with Crippen LogP contribution in [-0.2, 0) is 0 Å². The molecule has 134 valence electrons. The molecule has 0 aliphatic carbocycles. The minimum atomic E-state index is -0.889. The second kappa shape index (κ2) is 7.09. The van der Waals surface area contributed by atoms with Crippen LogP contribution in [0.25, 0.3) is 5.69 Å². The lowest BCUT2D eigenvalue weighted by Gasteiger charge is -2.10.